The summed E-state index contributed by atoms with van der Waals surface area (Å²) in [5.74, 6) is -2.14. The van der Waals surface area contributed by atoms with Crippen molar-refractivity contribution in [3.05, 3.63) is 61.0 Å². The van der Waals surface area contributed by atoms with E-state index in [1.165, 1.54) is 7.11 Å². The number of hydrogen-bond donors (Lipinski definition) is 3. The number of ether oxygens (including phenoxy) is 3. The third-order valence-electron chi connectivity index (χ3n) is 5.59. The molecule has 0 unspecified atom stereocenters. The molecule has 0 radical (unpaired) electrons. The molecule has 0 aliphatic carbocycles. The molecular weight excluding hydrogens is 644 g/mol. The van der Waals surface area contributed by atoms with Crippen LogP contribution in [0.3, 0.4) is 0 Å². The van der Waals surface area contributed by atoms with Gasteiger partial charge in [-0.05, 0) is 31.2 Å². The molecular formula is C26H28Cl5N3O7. The summed E-state index contributed by atoms with van der Waals surface area (Å²) in [6.45, 7) is 0.243. The number of unbranched alkanes of at least 4 members (excludes halogenated alkanes) is 1. The van der Waals surface area contributed by atoms with Crippen LogP contribution >= 0.6 is 58.0 Å². The van der Waals surface area contributed by atoms with Gasteiger partial charge in [0.05, 0.1) is 22.2 Å². The lowest BCUT2D eigenvalue weighted by Gasteiger charge is -2.19. The molecule has 2 atom stereocenters. The number of amides is 2. The molecule has 0 spiro atoms. The largest absolute Gasteiger partial charge is 0.468 e. The second-order valence-electron chi connectivity index (χ2n) is 8.59. The maximum Gasteiger partial charge on any atom is 0.408 e. The smallest absolute Gasteiger partial charge is 0.408 e. The van der Waals surface area contributed by atoms with Gasteiger partial charge in [0.2, 0.25) is 5.91 Å². The summed E-state index contributed by atoms with van der Waals surface area (Å²) in [6.07, 6.45) is 0.227. The summed E-state index contributed by atoms with van der Waals surface area (Å²) in [7, 11) is 1.21. The van der Waals surface area contributed by atoms with E-state index in [2.05, 4.69) is 15.4 Å². The van der Waals surface area contributed by atoms with E-state index in [1.54, 1.807) is 24.3 Å². The number of hydrogen-bond acceptors (Lipinski definition) is 8. The highest BCUT2D eigenvalue weighted by atomic mass is 35.5. The molecule has 0 bridgehead atoms. The van der Waals surface area contributed by atoms with Crippen molar-refractivity contribution in [2.24, 2.45) is 5.73 Å². The first-order valence-electron chi connectivity index (χ1n) is 12.3. The van der Waals surface area contributed by atoms with Crippen LogP contribution in [-0.2, 0) is 30.5 Å². The van der Waals surface area contributed by atoms with Gasteiger partial charge in [-0.1, -0.05) is 88.3 Å². The van der Waals surface area contributed by atoms with E-state index in [1.807, 2.05) is 6.07 Å². The average Bonchev–Trinajstić information content (AvgIpc) is 2.98. The fourth-order valence-electron chi connectivity index (χ4n) is 3.35. The van der Waals surface area contributed by atoms with Crippen LogP contribution in [-0.4, -0.2) is 49.7 Å². The molecule has 0 aliphatic heterocycles. The number of esters is 2. The summed E-state index contributed by atoms with van der Waals surface area (Å²) in [6, 6.07) is 6.87. The average molecular weight is 672 g/mol. The lowest BCUT2D eigenvalue weighted by molar-refractivity contribution is -0.142. The Kier molecular flexibility index (Phi) is 14.8. The first-order chi connectivity index (χ1) is 19.5. The molecule has 4 N–H and O–H groups in total. The molecule has 2 rings (SSSR count). The molecule has 0 aromatic heterocycles. The van der Waals surface area contributed by atoms with Crippen LogP contribution in [0.5, 0.6) is 5.75 Å². The molecule has 15 heteroatoms. The first-order valence-corrected chi connectivity index (χ1v) is 14.2. The standard InChI is InChI=1S/C26H28Cl5N3O7/c1-39-24(36)15(32)10-11-17(35)33-12-6-5-9-16(34-26(38)40-13-14-7-3-2-4-8-14)25(37)41-23-21(30)19(28)18(27)20(29)22(23)31/h2-4,7-8,15-16H,5-6,9-13,32H2,1H3,(H,33,35)(H,34,38)/t15-,16-/m0/s1. The van der Waals surface area contributed by atoms with Crippen molar-refractivity contribution in [3.63, 3.8) is 0 Å². The van der Waals surface area contributed by atoms with Gasteiger partial charge >= 0.3 is 18.0 Å². The first kappa shape index (κ1) is 34.7. The van der Waals surface area contributed by atoms with Crippen molar-refractivity contribution in [2.75, 3.05) is 13.7 Å². The van der Waals surface area contributed by atoms with Crippen LogP contribution in [0.4, 0.5) is 4.79 Å². The Morgan fingerprint density at radius 3 is 2.07 bits per heavy atom. The number of halogens is 5. The van der Waals surface area contributed by atoms with E-state index in [9.17, 15) is 19.2 Å². The van der Waals surface area contributed by atoms with E-state index in [-0.39, 0.29) is 69.2 Å². The molecule has 2 aromatic rings. The minimum absolute atomic E-state index is 0.0276. The number of rotatable bonds is 14. The fraction of sp³-hybridized carbons (Fsp3) is 0.385. The SMILES string of the molecule is COC(=O)[C@@H](N)CCC(=O)NCCCC[C@H](NC(=O)OCc1ccccc1)C(=O)Oc1c(Cl)c(Cl)c(Cl)c(Cl)c1Cl. The Hall–Kier alpha value is -2.47. The van der Waals surface area contributed by atoms with Gasteiger partial charge in [0.15, 0.2) is 5.75 Å². The summed E-state index contributed by atoms with van der Waals surface area (Å²) in [4.78, 5) is 48.9. The summed E-state index contributed by atoms with van der Waals surface area (Å²) in [5, 5.41) is 4.25. The zero-order valence-electron chi connectivity index (χ0n) is 21.8. The number of nitrogens with one attached hydrogen (secondary N) is 2. The Morgan fingerprint density at radius 2 is 1.46 bits per heavy atom. The van der Waals surface area contributed by atoms with Crippen LogP contribution < -0.4 is 21.1 Å². The van der Waals surface area contributed by atoms with Gasteiger partial charge in [-0.25, -0.2) is 9.59 Å². The second-order valence-corrected chi connectivity index (χ2v) is 10.5. The van der Waals surface area contributed by atoms with Crippen molar-refractivity contribution >= 4 is 81.9 Å². The lowest BCUT2D eigenvalue weighted by Crippen LogP contribution is -2.43. The molecule has 0 heterocycles. The number of carbonyl (C=O) groups is 4. The third kappa shape index (κ3) is 11.0. The van der Waals surface area contributed by atoms with E-state index < -0.39 is 30.1 Å². The highest BCUT2D eigenvalue weighted by Gasteiger charge is 2.28. The monoisotopic (exact) mass is 669 g/mol. The zero-order chi connectivity index (χ0) is 30.5. The topological polar surface area (TPSA) is 146 Å². The molecule has 2 aromatic carbocycles. The normalized spacial score (nSPS) is 12.2. The van der Waals surface area contributed by atoms with Crippen LogP contribution in [0, 0.1) is 0 Å². The lowest BCUT2D eigenvalue weighted by atomic mass is 10.1. The molecule has 2 amide bonds. The molecule has 224 valence electrons. The van der Waals surface area contributed by atoms with Crippen molar-refractivity contribution in [1.29, 1.82) is 0 Å². The van der Waals surface area contributed by atoms with E-state index in [4.69, 9.17) is 73.2 Å². The summed E-state index contributed by atoms with van der Waals surface area (Å²) < 4.78 is 15.1. The van der Waals surface area contributed by atoms with Crippen molar-refractivity contribution < 1.29 is 33.4 Å². The van der Waals surface area contributed by atoms with Crippen molar-refractivity contribution in [1.82, 2.24) is 10.6 Å². The quantitative estimate of drug-likeness (QED) is 0.0760. The van der Waals surface area contributed by atoms with Gasteiger partial charge in [-0.15, -0.1) is 0 Å². The maximum atomic E-state index is 13.1. The molecule has 0 fully saturated rings. The number of carbonyl (C=O) groups excluding carboxylic acids is 4. The Morgan fingerprint density at radius 1 is 0.854 bits per heavy atom. The molecule has 0 saturated heterocycles. The fourth-order valence-corrected chi connectivity index (χ4v) is 4.55. The van der Waals surface area contributed by atoms with Crippen LogP contribution in [0.15, 0.2) is 30.3 Å². The number of benzene rings is 2. The minimum Gasteiger partial charge on any atom is -0.468 e. The van der Waals surface area contributed by atoms with Crippen molar-refractivity contribution in [2.45, 2.75) is 50.8 Å². The third-order valence-corrected chi connectivity index (χ3v) is 7.83. The summed E-state index contributed by atoms with van der Waals surface area (Å²) in [5.41, 5.74) is 6.37. The van der Waals surface area contributed by atoms with Gasteiger partial charge in [0, 0.05) is 13.0 Å². The molecule has 10 nitrogen and oxygen atoms in total. The zero-order valence-corrected chi connectivity index (χ0v) is 25.6. The second kappa shape index (κ2) is 17.5. The van der Waals surface area contributed by atoms with Crippen LogP contribution in [0.2, 0.25) is 25.1 Å². The summed E-state index contributed by atoms with van der Waals surface area (Å²) >= 11 is 30.5. The maximum absolute atomic E-state index is 13.1. The van der Waals surface area contributed by atoms with Crippen molar-refractivity contribution in [3.8, 4) is 5.75 Å². The molecule has 0 aliphatic rings. The molecule has 0 saturated carbocycles. The van der Waals surface area contributed by atoms with Gasteiger partial charge in [0.25, 0.3) is 0 Å². The Balaban J connectivity index is 1.99. The number of nitrogens with two attached hydrogens (primary N) is 1. The van der Waals surface area contributed by atoms with Gasteiger partial charge < -0.3 is 30.6 Å². The Bertz CT molecular complexity index is 1200. The van der Waals surface area contributed by atoms with Crippen LogP contribution in [0.1, 0.15) is 37.7 Å². The van der Waals surface area contributed by atoms with Gasteiger partial charge in [-0.3, -0.25) is 9.59 Å². The van der Waals surface area contributed by atoms with Gasteiger partial charge in [0.1, 0.15) is 28.7 Å². The minimum atomic E-state index is -1.19. The van der Waals surface area contributed by atoms with Crippen LogP contribution in [0.25, 0.3) is 0 Å². The highest BCUT2D eigenvalue weighted by molar-refractivity contribution is 6.55. The van der Waals surface area contributed by atoms with Gasteiger partial charge in [-0.2, -0.15) is 0 Å². The number of alkyl carbamates (subject to hydrolysis) is 1. The predicted molar refractivity (Wildman–Crippen MR) is 157 cm³/mol. The predicted octanol–water partition coefficient (Wildman–Crippen LogP) is 5.72. The van der Waals surface area contributed by atoms with E-state index in [0.29, 0.717) is 12.8 Å². The van der Waals surface area contributed by atoms with E-state index in [0.717, 1.165) is 5.56 Å². The Labute approximate surface area is 262 Å². The highest BCUT2D eigenvalue weighted by Crippen LogP contribution is 2.48. The number of methoxy groups -OCH3 is 1. The van der Waals surface area contributed by atoms with E-state index >= 15 is 0 Å². The molecule has 41 heavy (non-hydrogen) atoms.